The van der Waals surface area contributed by atoms with Gasteiger partial charge >= 0.3 is 5.97 Å². The first-order chi connectivity index (χ1) is 15.8. The van der Waals surface area contributed by atoms with E-state index in [1.807, 2.05) is 0 Å². The van der Waals surface area contributed by atoms with Crippen LogP contribution in [0.1, 0.15) is 44.9 Å². The van der Waals surface area contributed by atoms with Crippen molar-refractivity contribution >= 4 is 51.4 Å². The van der Waals surface area contributed by atoms with Crippen LogP contribution >= 0.6 is 0 Å². The molecule has 9 nitrogen and oxygen atoms in total. The molecule has 1 heterocycles. The first kappa shape index (κ1) is 21.8. The van der Waals surface area contributed by atoms with Crippen LogP contribution in [-0.2, 0) is 9.53 Å². The number of azo groups is 1. The molecule has 0 saturated carbocycles. The predicted octanol–water partition coefficient (Wildman–Crippen LogP) is 4.20. The summed E-state index contributed by atoms with van der Waals surface area (Å²) in [6, 6.07) is 12.9. The number of nitrogens with two attached hydrogens (primary N) is 1. The average molecular weight is 444 g/mol. The zero-order chi connectivity index (χ0) is 23.7. The number of nitrogen functional groups attached to an aromatic ring is 1. The van der Waals surface area contributed by atoms with Gasteiger partial charge in [0.2, 0.25) is 0 Å². The van der Waals surface area contributed by atoms with E-state index in [4.69, 9.17) is 10.5 Å². The van der Waals surface area contributed by atoms with E-state index in [0.717, 1.165) is 4.90 Å². The molecule has 1 aliphatic rings. The monoisotopic (exact) mass is 444 g/mol. The van der Waals surface area contributed by atoms with E-state index in [1.165, 1.54) is 6.92 Å². The molecule has 1 aliphatic heterocycles. The Morgan fingerprint density at radius 3 is 2.36 bits per heavy atom. The number of ketones is 1. The van der Waals surface area contributed by atoms with Gasteiger partial charge in [-0.05, 0) is 50.2 Å². The smallest absolute Gasteiger partial charge is 0.326 e. The Bertz CT molecular complexity index is 1340. The van der Waals surface area contributed by atoms with Crippen molar-refractivity contribution in [3.05, 3.63) is 65.2 Å². The van der Waals surface area contributed by atoms with Gasteiger partial charge in [0.15, 0.2) is 5.78 Å². The van der Waals surface area contributed by atoms with Crippen molar-refractivity contribution in [1.82, 2.24) is 4.90 Å². The lowest BCUT2D eigenvalue weighted by Gasteiger charge is -2.26. The minimum absolute atomic E-state index is 0.127. The van der Waals surface area contributed by atoms with Crippen molar-refractivity contribution in [1.29, 1.82) is 0 Å². The van der Waals surface area contributed by atoms with Crippen LogP contribution in [0.5, 0.6) is 0 Å². The number of Topliss-reactive ketones (excluding diaryl/α,β-unsaturated/α-hetero) is 1. The number of rotatable bonds is 6. The maximum Gasteiger partial charge on any atom is 0.326 e. The van der Waals surface area contributed by atoms with E-state index in [0.29, 0.717) is 33.4 Å². The van der Waals surface area contributed by atoms with Crippen molar-refractivity contribution < 1.29 is 23.9 Å². The van der Waals surface area contributed by atoms with Gasteiger partial charge in [-0.1, -0.05) is 12.1 Å². The SMILES string of the molecule is CCOC(=O)CN1C(=O)c2cccc3c(N=Nc4cc(C(C)=O)ccc4N)ccc(c23)C1=O. The molecule has 2 N–H and O–H groups in total. The summed E-state index contributed by atoms with van der Waals surface area (Å²) in [5, 5.41) is 9.45. The Morgan fingerprint density at radius 1 is 0.970 bits per heavy atom. The van der Waals surface area contributed by atoms with E-state index >= 15 is 0 Å². The average Bonchev–Trinajstić information content (AvgIpc) is 2.79. The molecule has 0 aromatic heterocycles. The molecule has 0 unspecified atom stereocenters. The molecule has 4 rings (SSSR count). The quantitative estimate of drug-likeness (QED) is 0.199. The van der Waals surface area contributed by atoms with Crippen molar-refractivity contribution in [2.24, 2.45) is 10.2 Å². The topological polar surface area (TPSA) is 131 Å². The number of hydrogen-bond donors (Lipinski definition) is 1. The molecule has 0 fully saturated rings. The van der Waals surface area contributed by atoms with Gasteiger partial charge < -0.3 is 10.5 Å². The Morgan fingerprint density at radius 2 is 1.67 bits per heavy atom. The number of carbonyl (C=O) groups is 4. The standard InChI is InChI=1S/C24H20N4O5/c1-3-33-21(30)12-28-23(31)16-6-4-5-15-19(10-8-17(22(15)16)24(28)32)26-27-20-11-14(13(2)29)7-9-18(20)25/h4-11H,3,12,25H2,1-2H3. The number of hydrogen-bond acceptors (Lipinski definition) is 8. The molecular formula is C24H20N4O5. The van der Waals surface area contributed by atoms with E-state index < -0.39 is 24.3 Å². The van der Waals surface area contributed by atoms with E-state index in [1.54, 1.807) is 55.5 Å². The van der Waals surface area contributed by atoms with Gasteiger partial charge in [0.05, 0.1) is 18.0 Å². The minimum Gasteiger partial charge on any atom is -0.465 e. The Hall–Kier alpha value is -4.40. The van der Waals surface area contributed by atoms with Crippen LogP contribution in [0, 0.1) is 0 Å². The van der Waals surface area contributed by atoms with Crippen molar-refractivity contribution in [2.75, 3.05) is 18.9 Å². The van der Waals surface area contributed by atoms with Crippen LogP contribution in [0.15, 0.2) is 58.8 Å². The van der Waals surface area contributed by atoms with Gasteiger partial charge in [-0.15, -0.1) is 10.2 Å². The summed E-state index contributed by atoms with van der Waals surface area (Å²) in [4.78, 5) is 50.4. The predicted molar refractivity (Wildman–Crippen MR) is 121 cm³/mol. The van der Waals surface area contributed by atoms with Crippen molar-refractivity contribution in [2.45, 2.75) is 13.8 Å². The number of ether oxygens (including phenoxy) is 1. The van der Waals surface area contributed by atoms with Gasteiger partial charge in [0, 0.05) is 27.5 Å². The lowest BCUT2D eigenvalue weighted by Crippen LogP contribution is -2.43. The molecule has 3 aromatic rings. The Balaban J connectivity index is 1.76. The lowest BCUT2D eigenvalue weighted by molar-refractivity contribution is -0.143. The van der Waals surface area contributed by atoms with Crippen molar-refractivity contribution in [3.63, 3.8) is 0 Å². The molecule has 3 aromatic carbocycles. The first-order valence-corrected chi connectivity index (χ1v) is 10.2. The maximum absolute atomic E-state index is 13.0. The van der Waals surface area contributed by atoms with Crippen LogP contribution in [0.3, 0.4) is 0 Å². The van der Waals surface area contributed by atoms with Crippen LogP contribution < -0.4 is 5.73 Å². The summed E-state index contributed by atoms with van der Waals surface area (Å²) in [6.07, 6.45) is 0. The first-order valence-electron chi connectivity index (χ1n) is 10.2. The second-order valence-electron chi connectivity index (χ2n) is 7.39. The zero-order valence-electron chi connectivity index (χ0n) is 18.0. The summed E-state index contributed by atoms with van der Waals surface area (Å²) in [6.45, 7) is 2.77. The molecule has 0 radical (unpaired) electrons. The lowest BCUT2D eigenvalue weighted by atomic mass is 9.93. The van der Waals surface area contributed by atoms with Crippen LogP contribution in [-0.4, -0.2) is 41.6 Å². The fourth-order valence-corrected chi connectivity index (χ4v) is 3.65. The van der Waals surface area contributed by atoms with Gasteiger partial charge in [0.1, 0.15) is 12.2 Å². The second-order valence-corrected chi connectivity index (χ2v) is 7.39. The van der Waals surface area contributed by atoms with Gasteiger partial charge in [-0.3, -0.25) is 24.1 Å². The van der Waals surface area contributed by atoms with Gasteiger partial charge in [-0.25, -0.2) is 0 Å². The highest BCUT2D eigenvalue weighted by Gasteiger charge is 2.34. The number of amides is 2. The fraction of sp³-hybridized carbons (Fsp3) is 0.167. The molecule has 0 atom stereocenters. The molecule has 2 amide bonds. The molecule has 166 valence electrons. The molecule has 0 bridgehead atoms. The second kappa shape index (κ2) is 8.62. The van der Waals surface area contributed by atoms with Crippen LogP contribution in [0.4, 0.5) is 17.1 Å². The number of benzene rings is 3. The summed E-state index contributed by atoms with van der Waals surface area (Å²) >= 11 is 0. The summed E-state index contributed by atoms with van der Waals surface area (Å²) in [7, 11) is 0. The van der Waals surface area contributed by atoms with Gasteiger partial charge in [0.25, 0.3) is 11.8 Å². The maximum atomic E-state index is 13.0. The summed E-state index contributed by atoms with van der Waals surface area (Å²) < 4.78 is 4.88. The third-order valence-corrected chi connectivity index (χ3v) is 5.26. The highest BCUT2D eigenvalue weighted by molar-refractivity contribution is 6.27. The highest BCUT2D eigenvalue weighted by Crippen LogP contribution is 2.36. The molecule has 9 heteroatoms. The van der Waals surface area contributed by atoms with E-state index in [2.05, 4.69) is 10.2 Å². The third-order valence-electron chi connectivity index (χ3n) is 5.26. The fourth-order valence-electron chi connectivity index (χ4n) is 3.65. The highest BCUT2D eigenvalue weighted by atomic mass is 16.5. The molecule has 0 spiro atoms. The molecule has 0 saturated heterocycles. The Kier molecular flexibility index (Phi) is 5.70. The molecule has 33 heavy (non-hydrogen) atoms. The third kappa shape index (κ3) is 3.96. The number of esters is 1. The summed E-state index contributed by atoms with van der Waals surface area (Å²) in [5.41, 5.74) is 8.07. The molecule has 0 aliphatic carbocycles. The number of carbonyl (C=O) groups excluding carboxylic acids is 4. The zero-order valence-corrected chi connectivity index (χ0v) is 18.0. The normalized spacial score (nSPS) is 13.1. The minimum atomic E-state index is -0.661. The van der Waals surface area contributed by atoms with Crippen LogP contribution in [0.25, 0.3) is 10.8 Å². The largest absolute Gasteiger partial charge is 0.465 e. The number of imide groups is 1. The number of nitrogens with zero attached hydrogens (tertiary/aromatic N) is 3. The van der Waals surface area contributed by atoms with Crippen molar-refractivity contribution in [3.8, 4) is 0 Å². The summed E-state index contributed by atoms with van der Waals surface area (Å²) in [5.74, 6) is -1.96. The Labute approximate surface area is 188 Å². The van der Waals surface area contributed by atoms with E-state index in [-0.39, 0.29) is 23.5 Å². The van der Waals surface area contributed by atoms with Crippen LogP contribution in [0.2, 0.25) is 0 Å². The van der Waals surface area contributed by atoms with Gasteiger partial charge in [-0.2, -0.15) is 0 Å². The molecular weight excluding hydrogens is 424 g/mol. The van der Waals surface area contributed by atoms with E-state index in [9.17, 15) is 19.2 Å². The number of anilines is 1.